The van der Waals surface area contributed by atoms with E-state index in [4.69, 9.17) is 10.5 Å². The summed E-state index contributed by atoms with van der Waals surface area (Å²) in [5, 5.41) is 0. The summed E-state index contributed by atoms with van der Waals surface area (Å²) in [5.74, 6) is 0.0790. The van der Waals surface area contributed by atoms with Crippen molar-refractivity contribution in [1.82, 2.24) is 0 Å². The molecule has 1 fully saturated rings. The summed E-state index contributed by atoms with van der Waals surface area (Å²) in [5.41, 5.74) is 5.94. The van der Waals surface area contributed by atoms with Gasteiger partial charge in [0.25, 0.3) is 0 Å². The Hall–Kier alpha value is -2.89. The Balaban J connectivity index is 1.77. The summed E-state index contributed by atoms with van der Waals surface area (Å²) in [7, 11) is 0. The molecule has 2 amide bonds. The number of rotatable bonds is 4. The Morgan fingerprint density at radius 1 is 1.09 bits per heavy atom. The van der Waals surface area contributed by atoms with Crippen LogP contribution in [0.5, 0.6) is 11.5 Å². The van der Waals surface area contributed by atoms with E-state index in [1.807, 2.05) is 0 Å². The van der Waals surface area contributed by atoms with Crippen LogP contribution < -0.4 is 15.4 Å². The molecule has 3 rings (SSSR count). The van der Waals surface area contributed by atoms with Crippen LogP contribution in [-0.2, 0) is 9.59 Å². The van der Waals surface area contributed by atoms with Gasteiger partial charge in [-0.3, -0.25) is 14.5 Å². The average molecular weight is 314 g/mol. The molecule has 1 atom stereocenters. The number of halogens is 1. The molecule has 1 aliphatic heterocycles. The number of nitrogens with zero attached hydrogens (tertiary/aromatic N) is 1. The highest BCUT2D eigenvalue weighted by Gasteiger charge is 2.35. The number of nitrogens with two attached hydrogens (primary N) is 1. The molecule has 5 nitrogen and oxygen atoms in total. The van der Waals surface area contributed by atoms with Crippen LogP contribution in [0.15, 0.2) is 48.5 Å². The van der Waals surface area contributed by atoms with Gasteiger partial charge in [-0.15, -0.1) is 0 Å². The molecule has 1 saturated heterocycles. The van der Waals surface area contributed by atoms with E-state index in [-0.39, 0.29) is 11.7 Å². The smallest absolute Gasteiger partial charge is 0.240 e. The molecule has 1 aliphatic rings. The van der Waals surface area contributed by atoms with Crippen molar-refractivity contribution in [2.24, 2.45) is 5.73 Å². The largest absolute Gasteiger partial charge is 0.457 e. The normalized spacial score (nSPS) is 17.3. The molecule has 0 bridgehead atoms. The minimum atomic E-state index is -0.605. The van der Waals surface area contributed by atoms with Crippen LogP contribution in [0.3, 0.4) is 0 Å². The third-order valence-electron chi connectivity index (χ3n) is 3.70. The molecule has 0 radical (unpaired) electrons. The third kappa shape index (κ3) is 3.15. The van der Waals surface area contributed by atoms with E-state index in [1.54, 1.807) is 24.3 Å². The van der Waals surface area contributed by atoms with Crippen molar-refractivity contribution in [2.45, 2.75) is 18.9 Å². The highest BCUT2D eigenvalue weighted by molar-refractivity contribution is 6.03. The first-order valence-corrected chi connectivity index (χ1v) is 7.19. The molecular weight excluding hydrogens is 299 g/mol. The number of benzene rings is 2. The fourth-order valence-corrected chi connectivity index (χ4v) is 2.59. The molecule has 0 aliphatic carbocycles. The van der Waals surface area contributed by atoms with E-state index in [0.29, 0.717) is 30.0 Å². The topological polar surface area (TPSA) is 72.6 Å². The molecule has 0 aromatic heterocycles. The molecule has 2 aromatic carbocycles. The molecule has 6 heteroatoms. The van der Waals surface area contributed by atoms with Crippen molar-refractivity contribution in [2.75, 3.05) is 4.90 Å². The van der Waals surface area contributed by atoms with Crippen molar-refractivity contribution < 1.29 is 18.7 Å². The summed E-state index contributed by atoms with van der Waals surface area (Å²) in [6, 6.07) is 11.8. The van der Waals surface area contributed by atoms with Gasteiger partial charge < -0.3 is 10.5 Å². The van der Waals surface area contributed by atoms with Gasteiger partial charge in [-0.2, -0.15) is 0 Å². The number of carbonyl (C=O) groups excluding carboxylic acids is 2. The van der Waals surface area contributed by atoms with Gasteiger partial charge in [-0.25, -0.2) is 4.39 Å². The van der Waals surface area contributed by atoms with Crippen molar-refractivity contribution in [1.29, 1.82) is 0 Å². The van der Waals surface area contributed by atoms with Gasteiger partial charge in [0.2, 0.25) is 11.8 Å². The van der Waals surface area contributed by atoms with E-state index in [0.717, 1.165) is 0 Å². The van der Waals surface area contributed by atoms with Crippen LogP contribution in [-0.4, -0.2) is 17.9 Å². The minimum Gasteiger partial charge on any atom is -0.457 e. The molecule has 1 unspecified atom stereocenters. The van der Waals surface area contributed by atoms with Gasteiger partial charge in [0.05, 0.1) is 0 Å². The molecular formula is C17H15FN2O3. The minimum absolute atomic E-state index is 0.124. The molecule has 2 N–H and O–H groups in total. The van der Waals surface area contributed by atoms with E-state index < -0.39 is 11.9 Å². The quantitative estimate of drug-likeness (QED) is 0.943. The molecule has 118 valence electrons. The Morgan fingerprint density at radius 3 is 2.22 bits per heavy atom. The Bertz CT molecular complexity index is 729. The van der Waals surface area contributed by atoms with Crippen LogP contribution in [0.1, 0.15) is 12.8 Å². The summed E-state index contributed by atoms with van der Waals surface area (Å²) in [6.07, 6.45) is 0.740. The molecule has 23 heavy (non-hydrogen) atoms. The standard InChI is InChI=1S/C17H15FN2O3/c18-11-1-5-13(6-2-11)23-14-7-3-12(4-8-14)20-15(17(19)22)9-10-16(20)21/h1-8,15H,9-10H2,(H2,19,22). The zero-order chi connectivity index (χ0) is 16.4. The Morgan fingerprint density at radius 2 is 1.65 bits per heavy atom. The van der Waals surface area contributed by atoms with E-state index in [9.17, 15) is 14.0 Å². The van der Waals surface area contributed by atoms with Gasteiger partial charge in [-0.05, 0) is 55.0 Å². The van der Waals surface area contributed by atoms with Crippen LogP contribution in [0, 0.1) is 5.82 Å². The Kier molecular flexibility index (Phi) is 3.97. The maximum atomic E-state index is 12.9. The fraction of sp³-hybridized carbons (Fsp3) is 0.176. The number of primary amides is 1. The summed E-state index contributed by atoms with van der Waals surface area (Å²) in [4.78, 5) is 24.8. The van der Waals surface area contributed by atoms with Gasteiger partial charge in [-0.1, -0.05) is 0 Å². The lowest BCUT2D eigenvalue weighted by molar-refractivity contribution is -0.121. The van der Waals surface area contributed by atoms with Crippen LogP contribution >= 0.6 is 0 Å². The summed E-state index contributed by atoms with van der Waals surface area (Å²) in [6.45, 7) is 0. The van der Waals surface area contributed by atoms with E-state index >= 15 is 0 Å². The number of hydrogen-bond acceptors (Lipinski definition) is 3. The maximum Gasteiger partial charge on any atom is 0.240 e. The number of ether oxygens (including phenoxy) is 1. The van der Waals surface area contributed by atoms with E-state index in [2.05, 4.69) is 0 Å². The first kappa shape index (κ1) is 15.0. The van der Waals surface area contributed by atoms with Gasteiger partial charge in [0.1, 0.15) is 23.4 Å². The zero-order valence-electron chi connectivity index (χ0n) is 12.2. The summed E-state index contributed by atoms with van der Waals surface area (Å²) < 4.78 is 18.4. The number of amides is 2. The molecule has 1 heterocycles. The first-order chi connectivity index (χ1) is 11.0. The second-order valence-electron chi connectivity index (χ2n) is 5.27. The lowest BCUT2D eigenvalue weighted by atomic mass is 10.2. The van der Waals surface area contributed by atoms with Crippen LogP contribution in [0.25, 0.3) is 0 Å². The third-order valence-corrected chi connectivity index (χ3v) is 3.70. The lowest BCUT2D eigenvalue weighted by Gasteiger charge is -2.22. The zero-order valence-corrected chi connectivity index (χ0v) is 12.2. The highest BCUT2D eigenvalue weighted by atomic mass is 19.1. The molecule has 2 aromatic rings. The predicted octanol–water partition coefficient (Wildman–Crippen LogP) is 2.60. The number of carbonyl (C=O) groups is 2. The fourth-order valence-electron chi connectivity index (χ4n) is 2.59. The van der Waals surface area contributed by atoms with Crippen molar-refractivity contribution >= 4 is 17.5 Å². The average Bonchev–Trinajstić information content (AvgIpc) is 2.92. The maximum absolute atomic E-state index is 12.9. The van der Waals surface area contributed by atoms with E-state index in [1.165, 1.54) is 29.2 Å². The van der Waals surface area contributed by atoms with Gasteiger partial charge in [0.15, 0.2) is 0 Å². The monoisotopic (exact) mass is 314 g/mol. The van der Waals surface area contributed by atoms with Gasteiger partial charge in [0, 0.05) is 12.1 Å². The number of anilines is 1. The first-order valence-electron chi connectivity index (χ1n) is 7.19. The van der Waals surface area contributed by atoms with Crippen LogP contribution in [0.4, 0.5) is 10.1 Å². The van der Waals surface area contributed by atoms with Gasteiger partial charge >= 0.3 is 0 Å². The predicted molar refractivity (Wildman–Crippen MR) is 82.6 cm³/mol. The summed E-state index contributed by atoms with van der Waals surface area (Å²) >= 11 is 0. The SMILES string of the molecule is NC(=O)C1CCC(=O)N1c1ccc(Oc2ccc(F)cc2)cc1. The van der Waals surface area contributed by atoms with Crippen molar-refractivity contribution in [3.05, 3.63) is 54.3 Å². The second kappa shape index (κ2) is 6.08. The lowest BCUT2D eigenvalue weighted by Crippen LogP contribution is -2.42. The second-order valence-corrected chi connectivity index (χ2v) is 5.27. The van der Waals surface area contributed by atoms with Crippen molar-refractivity contribution in [3.8, 4) is 11.5 Å². The molecule has 0 saturated carbocycles. The molecule has 0 spiro atoms. The highest BCUT2D eigenvalue weighted by Crippen LogP contribution is 2.29. The van der Waals surface area contributed by atoms with Crippen molar-refractivity contribution in [3.63, 3.8) is 0 Å². The Labute approximate surface area is 132 Å². The number of hydrogen-bond donors (Lipinski definition) is 1. The van der Waals surface area contributed by atoms with Crippen LogP contribution in [0.2, 0.25) is 0 Å².